The highest BCUT2D eigenvalue weighted by Gasteiger charge is 2.39. The highest BCUT2D eigenvalue weighted by Crippen LogP contribution is 2.50. The van der Waals surface area contributed by atoms with Crippen molar-refractivity contribution in [1.82, 2.24) is 9.13 Å². The number of nitriles is 5. The lowest BCUT2D eigenvalue weighted by Gasteiger charge is -2.24. The van der Waals surface area contributed by atoms with Crippen LogP contribution < -0.4 is 0 Å². The van der Waals surface area contributed by atoms with Crippen LogP contribution in [0.15, 0.2) is 224 Å². The van der Waals surface area contributed by atoms with E-state index in [1.807, 2.05) is 106 Å². The summed E-state index contributed by atoms with van der Waals surface area (Å²) in [6, 6.07) is 73.9. The largest absolute Gasteiger partial charge is 0.417 e. The Morgan fingerprint density at radius 3 is 0.988 bits per heavy atom. The molecule has 0 N–H and O–H groups in total. The van der Waals surface area contributed by atoms with Gasteiger partial charge < -0.3 is 9.13 Å². The Morgan fingerprint density at radius 1 is 0.291 bits per heavy atom. The first-order valence-electron chi connectivity index (χ1n) is 26.8. The van der Waals surface area contributed by atoms with Gasteiger partial charge in [-0.3, -0.25) is 0 Å². The van der Waals surface area contributed by atoms with E-state index < -0.39 is 29.0 Å². The molecule has 0 bridgehead atoms. The molecule has 13 heteroatoms. The third-order valence-electron chi connectivity index (χ3n) is 15.7. The number of benzene rings is 11. The Morgan fingerprint density at radius 2 is 0.640 bits per heavy atom. The molecule has 0 unspecified atom stereocenters. The van der Waals surface area contributed by atoms with E-state index in [1.165, 1.54) is 6.07 Å². The van der Waals surface area contributed by atoms with Crippen LogP contribution in [0.5, 0.6) is 0 Å². The molecule has 406 valence electrons. The lowest BCUT2D eigenvalue weighted by atomic mass is 9.86. The van der Waals surface area contributed by atoms with E-state index in [4.69, 9.17) is 0 Å². The van der Waals surface area contributed by atoms with Gasteiger partial charge in [-0.05, 0) is 183 Å². The Hall–Kier alpha value is -12.0. The second kappa shape index (κ2) is 20.8. The molecular weight excluding hydrogens is 1090 g/mol. The van der Waals surface area contributed by atoms with Crippen LogP contribution in [0.3, 0.4) is 0 Å². The summed E-state index contributed by atoms with van der Waals surface area (Å²) in [7, 11) is 0. The first kappa shape index (κ1) is 53.4. The molecule has 86 heavy (non-hydrogen) atoms. The molecule has 13 aromatic rings. The van der Waals surface area contributed by atoms with Crippen molar-refractivity contribution in [3.63, 3.8) is 0 Å². The summed E-state index contributed by atoms with van der Waals surface area (Å²) < 4.78 is 94.8. The van der Waals surface area contributed by atoms with Crippen LogP contribution in [0.25, 0.3) is 122 Å². The van der Waals surface area contributed by atoms with Gasteiger partial charge in [-0.25, -0.2) is 0 Å². The van der Waals surface area contributed by atoms with Gasteiger partial charge in [0.25, 0.3) is 0 Å². The summed E-state index contributed by atoms with van der Waals surface area (Å²) in [6.45, 7) is 0. The molecule has 11 aromatic carbocycles. The van der Waals surface area contributed by atoms with Crippen molar-refractivity contribution < 1.29 is 26.3 Å². The molecule has 0 radical (unpaired) electrons. The van der Waals surface area contributed by atoms with E-state index in [0.29, 0.717) is 66.8 Å². The Kier molecular flexibility index (Phi) is 12.9. The summed E-state index contributed by atoms with van der Waals surface area (Å²) in [5, 5.41) is 53.9. The number of alkyl halides is 6. The van der Waals surface area contributed by atoms with Crippen molar-refractivity contribution >= 4 is 43.6 Å². The van der Waals surface area contributed by atoms with Gasteiger partial charge in [0.1, 0.15) is 0 Å². The van der Waals surface area contributed by atoms with Crippen LogP contribution in [0.2, 0.25) is 0 Å². The minimum absolute atomic E-state index is 0.0293. The van der Waals surface area contributed by atoms with E-state index in [-0.39, 0.29) is 34.0 Å². The monoisotopic (exact) mass is 1130 g/mol. The van der Waals surface area contributed by atoms with Crippen LogP contribution in [-0.4, -0.2) is 9.13 Å². The zero-order chi connectivity index (χ0) is 59.6. The number of halogens is 6. The minimum Gasteiger partial charge on any atom is -0.309 e. The number of fused-ring (bicyclic) bond motifs is 6. The second-order valence-electron chi connectivity index (χ2n) is 20.6. The molecule has 0 saturated heterocycles. The van der Waals surface area contributed by atoms with E-state index in [0.717, 1.165) is 61.3 Å². The number of hydrogen-bond donors (Lipinski definition) is 0. The molecule has 2 aromatic heterocycles. The normalized spacial score (nSPS) is 11.5. The molecule has 0 aliphatic heterocycles. The number of hydrogen-bond acceptors (Lipinski definition) is 5. The van der Waals surface area contributed by atoms with Crippen molar-refractivity contribution in [3.8, 4) is 108 Å². The van der Waals surface area contributed by atoms with Gasteiger partial charge in [0.05, 0.1) is 103 Å². The van der Waals surface area contributed by atoms with Crippen LogP contribution in [0.4, 0.5) is 26.3 Å². The van der Waals surface area contributed by atoms with Crippen LogP contribution in [0.1, 0.15) is 38.9 Å². The van der Waals surface area contributed by atoms with E-state index in [9.17, 15) is 39.5 Å². The molecule has 0 aliphatic carbocycles. The van der Waals surface area contributed by atoms with Gasteiger partial charge in [0.15, 0.2) is 0 Å². The predicted octanol–water partition coefficient (Wildman–Crippen LogP) is 19.3. The summed E-state index contributed by atoms with van der Waals surface area (Å²) in [5.41, 5.74) is 7.25. The van der Waals surface area contributed by atoms with Crippen LogP contribution >= 0.6 is 0 Å². The lowest BCUT2D eigenvalue weighted by Crippen LogP contribution is -2.13. The standard InChI is InChI=1S/C73H37F6N7/c74-72(75,76)56-23-24-57(63(37-56)73(77,78)79)58-16-6-18-69(86-66-27-21-53(49-13-3-9-45(31-49)40-82)35-61(66)62-36-54(22-28-67(62)86)50-14-4-10-46(32-50)41-83)71(58)70-55(42-84)15-5-17-68(70)85-64-25-19-51(47-11-1-7-43(29-47)38-80)33-59(64)60-34-52(20-26-65(60)85)48-12-2-8-44(30-48)39-81/h1-37H. The average molecular weight is 1130 g/mol. The summed E-state index contributed by atoms with van der Waals surface area (Å²) >= 11 is 0. The number of rotatable bonds is 8. The SMILES string of the molecule is N#Cc1cccc(-c2ccc3c(c2)c2cc(-c4cccc(C#N)c4)ccc2n3-c2cccc(C#N)c2-c2c(-c3ccc(C(F)(F)F)cc3C(F)(F)F)cccc2-n2c3ccc(-c4cccc(C#N)c4)cc3c3cc(-c4cccc(C#N)c4)ccc32)c1. The third kappa shape index (κ3) is 9.18. The van der Waals surface area contributed by atoms with Gasteiger partial charge in [0.2, 0.25) is 0 Å². The molecule has 2 heterocycles. The molecule has 0 amide bonds. The zero-order valence-electron chi connectivity index (χ0n) is 44.8. The van der Waals surface area contributed by atoms with Gasteiger partial charge in [-0.2, -0.15) is 52.7 Å². The molecule has 0 aliphatic rings. The van der Waals surface area contributed by atoms with Gasteiger partial charge in [-0.1, -0.05) is 97.1 Å². The average Bonchev–Trinajstić information content (AvgIpc) is 1.64. The molecule has 0 saturated carbocycles. The van der Waals surface area contributed by atoms with Crippen molar-refractivity contribution in [2.24, 2.45) is 0 Å². The summed E-state index contributed by atoms with van der Waals surface area (Å²) in [6.07, 6.45) is -10.4. The minimum atomic E-state index is -5.31. The number of aromatic nitrogens is 2. The predicted molar refractivity (Wildman–Crippen MR) is 321 cm³/mol. The first-order chi connectivity index (χ1) is 41.7. The van der Waals surface area contributed by atoms with Crippen molar-refractivity contribution in [2.75, 3.05) is 0 Å². The quantitative estimate of drug-likeness (QED) is 0.140. The second-order valence-corrected chi connectivity index (χ2v) is 20.6. The highest BCUT2D eigenvalue weighted by molar-refractivity contribution is 6.15. The topological polar surface area (TPSA) is 129 Å². The maximum atomic E-state index is 15.8. The Bertz CT molecular complexity index is 5010. The molecule has 13 rings (SSSR count). The molecule has 7 nitrogen and oxygen atoms in total. The van der Waals surface area contributed by atoms with E-state index in [1.54, 1.807) is 103 Å². The fourth-order valence-corrected chi connectivity index (χ4v) is 11.8. The van der Waals surface area contributed by atoms with Crippen LogP contribution in [0, 0.1) is 56.7 Å². The van der Waals surface area contributed by atoms with E-state index >= 15 is 13.2 Å². The van der Waals surface area contributed by atoms with Gasteiger partial charge >= 0.3 is 12.4 Å². The lowest BCUT2D eigenvalue weighted by molar-refractivity contribution is -0.142. The molecule has 0 spiro atoms. The smallest absolute Gasteiger partial charge is 0.309 e. The maximum Gasteiger partial charge on any atom is 0.417 e. The Balaban J connectivity index is 1.17. The Labute approximate surface area is 487 Å². The third-order valence-corrected chi connectivity index (χ3v) is 15.7. The summed E-state index contributed by atoms with van der Waals surface area (Å²) in [5.74, 6) is 0. The van der Waals surface area contributed by atoms with E-state index in [2.05, 4.69) is 30.3 Å². The van der Waals surface area contributed by atoms with Crippen LogP contribution in [-0.2, 0) is 12.4 Å². The maximum absolute atomic E-state index is 15.8. The van der Waals surface area contributed by atoms with Gasteiger partial charge in [0, 0.05) is 32.7 Å². The fourth-order valence-electron chi connectivity index (χ4n) is 11.8. The van der Waals surface area contributed by atoms with Crippen molar-refractivity contribution in [1.29, 1.82) is 26.3 Å². The highest BCUT2D eigenvalue weighted by atomic mass is 19.4. The first-order valence-corrected chi connectivity index (χ1v) is 26.8. The molecule has 0 fully saturated rings. The fraction of sp³-hybridized carbons (Fsp3) is 0.0274. The zero-order valence-corrected chi connectivity index (χ0v) is 44.8. The van der Waals surface area contributed by atoms with Crippen molar-refractivity contribution in [3.05, 3.63) is 263 Å². The number of nitrogens with zero attached hydrogens (tertiary/aromatic N) is 7. The molecule has 0 atom stereocenters. The molecular formula is C73H37F6N7. The van der Waals surface area contributed by atoms with Gasteiger partial charge in [-0.15, -0.1) is 0 Å². The summed E-state index contributed by atoms with van der Waals surface area (Å²) in [4.78, 5) is 0. The van der Waals surface area contributed by atoms with Crippen molar-refractivity contribution in [2.45, 2.75) is 12.4 Å².